The maximum atomic E-state index is 12.1. The van der Waals surface area contributed by atoms with Gasteiger partial charge in [-0.25, -0.2) is 9.59 Å². The lowest BCUT2D eigenvalue weighted by atomic mass is 10.0. The van der Waals surface area contributed by atoms with Gasteiger partial charge in [-0.1, -0.05) is 26.0 Å². The fourth-order valence-corrected chi connectivity index (χ4v) is 2.19. The lowest BCUT2D eigenvalue weighted by molar-refractivity contribution is -0.274. The van der Waals surface area contributed by atoms with E-state index in [0.717, 1.165) is 18.2 Å². The van der Waals surface area contributed by atoms with Crippen LogP contribution in [-0.2, 0) is 23.9 Å². The molecule has 1 N–H and O–H groups in total. The fraction of sp³-hybridized carbons (Fsp3) is 0.421. The molecule has 160 valence electrons. The molecule has 1 aromatic carbocycles. The Hall–Kier alpha value is -3.04. The Kier molecular flexibility index (Phi) is 9.17. The maximum absolute atomic E-state index is 12.1. The quantitative estimate of drug-likeness (QED) is 0.491. The summed E-state index contributed by atoms with van der Waals surface area (Å²) in [5.41, 5.74) is 0.420. The molecular formula is C19H22F3NO6. The van der Waals surface area contributed by atoms with E-state index in [9.17, 15) is 27.6 Å². The number of benzene rings is 1. The van der Waals surface area contributed by atoms with Crippen molar-refractivity contribution in [2.24, 2.45) is 5.92 Å². The van der Waals surface area contributed by atoms with Crippen LogP contribution in [0.2, 0.25) is 0 Å². The number of nitrogens with one attached hydrogen (secondary N) is 1. The van der Waals surface area contributed by atoms with E-state index in [0.29, 0.717) is 12.0 Å². The van der Waals surface area contributed by atoms with Gasteiger partial charge in [-0.2, -0.15) is 0 Å². The number of methoxy groups -OCH3 is 1. The highest BCUT2D eigenvalue weighted by molar-refractivity contribution is 5.90. The summed E-state index contributed by atoms with van der Waals surface area (Å²) in [5, 5.41) is 2.43. The topological polar surface area (TPSA) is 90.9 Å². The second-order valence-corrected chi connectivity index (χ2v) is 6.33. The van der Waals surface area contributed by atoms with Crippen LogP contribution in [0.25, 0.3) is 6.08 Å². The van der Waals surface area contributed by atoms with Crippen LogP contribution in [-0.4, -0.2) is 44.0 Å². The van der Waals surface area contributed by atoms with E-state index in [1.54, 1.807) is 0 Å². The summed E-state index contributed by atoms with van der Waals surface area (Å²) in [5.74, 6) is -2.38. The van der Waals surface area contributed by atoms with Gasteiger partial charge in [-0.15, -0.1) is 13.2 Å². The predicted octanol–water partition coefficient (Wildman–Crippen LogP) is 2.85. The van der Waals surface area contributed by atoms with Crippen molar-refractivity contribution < 1.29 is 41.8 Å². The monoisotopic (exact) mass is 417 g/mol. The van der Waals surface area contributed by atoms with Crippen molar-refractivity contribution in [1.82, 2.24) is 5.32 Å². The largest absolute Gasteiger partial charge is 0.573 e. The van der Waals surface area contributed by atoms with E-state index in [1.807, 2.05) is 13.8 Å². The van der Waals surface area contributed by atoms with Crippen molar-refractivity contribution >= 4 is 23.9 Å². The Morgan fingerprint density at radius 2 is 1.76 bits per heavy atom. The zero-order valence-electron chi connectivity index (χ0n) is 16.1. The number of ether oxygens (including phenoxy) is 3. The summed E-state index contributed by atoms with van der Waals surface area (Å²) >= 11 is 0. The van der Waals surface area contributed by atoms with Gasteiger partial charge < -0.3 is 19.5 Å². The molecule has 0 heterocycles. The van der Waals surface area contributed by atoms with E-state index < -0.39 is 42.6 Å². The number of rotatable bonds is 9. The van der Waals surface area contributed by atoms with Crippen LogP contribution in [0.1, 0.15) is 25.8 Å². The molecule has 1 amide bonds. The summed E-state index contributed by atoms with van der Waals surface area (Å²) < 4.78 is 49.4. The first kappa shape index (κ1) is 24.0. The highest BCUT2D eigenvalue weighted by Crippen LogP contribution is 2.22. The van der Waals surface area contributed by atoms with Gasteiger partial charge in [0.25, 0.3) is 5.91 Å². The molecule has 0 saturated heterocycles. The zero-order chi connectivity index (χ0) is 22.0. The van der Waals surface area contributed by atoms with E-state index in [1.165, 1.54) is 25.3 Å². The number of halogens is 3. The number of carbonyl (C=O) groups excluding carboxylic acids is 3. The first-order chi connectivity index (χ1) is 13.5. The van der Waals surface area contributed by atoms with Crippen molar-refractivity contribution in [1.29, 1.82) is 0 Å². The van der Waals surface area contributed by atoms with Crippen LogP contribution >= 0.6 is 0 Å². The molecule has 1 aromatic rings. The van der Waals surface area contributed by atoms with E-state index in [2.05, 4.69) is 14.8 Å². The van der Waals surface area contributed by atoms with Gasteiger partial charge in [-0.3, -0.25) is 4.79 Å². The van der Waals surface area contributed by atoms with Gasteiger partial charge in [0, 0.05) is 6.08 Å². The number of amides is 1. The van der Waals surface area contributed by atoms with Crippen LogP contribution in [0, 0.1) is 5.92 Å². The van der Waals surface area contributed by atoms with Crippen molar-refractivity contribution in [3.8, 4) is 5.75 Å². The molecule has 0 spiro atoms. The van der Waals surface area contributed by atoms with Crippen LogP contribution in [0.3, 0.4) is 0 Å². The number of carbonyl (C=O) groups is 3. The Bertz CT molecular complexity index is 728. The van der Waals surface area contributed by atoms with E-state index in [-0.39, 0.29) is 5.92 Å². The number of hydrogen-bond acceptors (Lipinski definition) is 6. The second kappa shape index (κ2) is 11.1. The summed E-state index contributed by atoms with van der Waals surface area (Å²) in [6.07, 6.45) is -2.11. The maximum Gasteiger partial charge on any atom is 0.573 e. The summed E-state index contributed by atoms with van der Waals surface area (Å²) in [6.45, 7) is 3.14. The molecule has 1 atom stereocenters. The van der Waals surface area contributed by atoms with Crippen molar-refractivity contribution in [2.75, 3.05) is 13.7 Å². The van der Waals surface area contributed by atoms with E-state index >= 15 is 0 Å². The fourth-order valence-electron chi connectivity index (χ4n) is 2.19. The minimum atomic E-state index is -4.79. The molecule has 10 heteroatoms. The normalized spacial score (nSPS) is 12.5. The average molecular weight is 417 g/mol. The molecule has 0 saturated carbocycles. The molecule has 29 heavy (non-hydrogen) atoms. The lowest BCUT2D eigenvalue weighted by Crippen LogP contribution is -2.44. The molecular weight excluding hydrogens is 395 g/mol. The first-order valence-electron chi connectivity index (χ1n) is 8.58. The van der Waals surface area contributed by atoms with Crippen LogP contribution in [0.4, 0.5) is 13.2 Å². The summed E-state index contributed by atoms with van der Waals surface area (Å²) in [4.78, 5) is 35.2. The van der Waals surface area contributed by atoms with Gasteiger partial charge in [0.05, 0.1) is 7.11 Å². The lowest BCUT2D eigenvalue weighted by Gasteiger charge is -2.18. The molecule has 0 radical (unpaired) electrons. The molecule has 1 rings (SSSR count). The van der Waals surface area contributed by atoms with Gasteiger partial charge >= 0.3 is 18.3 Å². The summed E-state index contributed by atoms with van der Waals surface area (Å²) in [7, 11) is 1.20. The molecule has 0 aliphatic heterocycles. The molecule has 0 aliphatic rings. The van der Waals surface area contributed by atoms with Crippen LogP contribution in [0.15, 0.2) is 30.3 Å². The van der Waals surface area contributed by atoms with Crippen LogP contribution < -0.4 is 10.1 Å². The average Bonchev–Trinajstić information content (AvgIpc) is 2.63. The van der Waals surface area contributed by atoms with Crippen molar-refractivity contribution in [3.63, 3.8) is 0 Å². The van der Waals surface area contributed by atoms with Gasteiger partial charge in [0.15, 0.2) is 6.61 Å². The third kappa shape index (κ3) is 10.2. The third-order valence-corrected chi connectivity index (χ3v) is 3.40. The Balaban J connectivity index is 2.51. The minimum absolute atomic E-state index is 0.123. The second-order valence-electron chi connectivity index (χ2n) is 6.33. The van der Waals surface area contributed by atoms with Gasteiger partial charge in [0.1, 0.15) is 11.8 Å². The predicted molar refractivity (Wildman–Crippen MR) is 96.5 cm³/mol. The zero-order valence-corrected chi connectivity index (χ0v) is 16.1. The first-order valence-corrected chi connectivity index (χ1v) is 8.58. The molecule has 0 unspecified atom stereocenters. The Morgan fingerprint density at radius 3 is 2.28 bits per heavy atom. The minimum Gasteiger partial charge on any atom is -0.467 e. The molecule has 0 bridgehead atoms. The standard InChI is InChI=1S/C19H22F3NO6/c1-12(2)10-15(18(26)27-3)23-16(24)11-28-17(25)9-6-13-4-7-14(8-5-13)29-19(20,21)22/h4-9,12,15H,10-11H2,1-3H3,(H,23,24)/b9-6+/t15-/m0/s1. The Labute approximate surface area is 165 Å². The van der Waals surface area contributed by atoms with Gasteiger partial charge in [0.2, 0.25) is 0 Å². The van der Waals surface area contributed by atoms with Gasteiger partial charge in [-0.05, 0) is 36.1 Å². The number of hydrogen-bond donors (Lipinski definition) is 1. The molecule has 0 aromatic heterocycles. The van der Waals surface area contributed by atoms with Crippen LogP contribution in [0.5, 0.6) is 5.75 Å². The molecule has 0 fully saturated rings. The van der Waals surface area contributed by atoms with E-state index in [4.69, 9.17) is 4.74 Å². The number of esters is 2. The van der Waals surface area contributed by atoms with Crippen molar-refractivity contribution in [3.05, 3.63) is 35.9 Å². The smallest absolute Gasteiger partial charge is 0.467 e. The Morgan fingerprint density at radius 1 is 1.14 bits per heavy atom. The summed E-state index contributed by atoms with van der Waals surface area (Å²) in [6, 6.07) is 3.95. The third-order valence-electron chi connectivity index (χ3n) is 3.40. The SMILES string of the molecule is COC(=O)[C@H](CC(C)C)NC(=O)COC(=O)/C=C/c1ccc(OC(F)(F)F)cc1. The van der Waals surface area contributed by atoms with Crippen molar-refractivity contribution in [2.45, 2.75) is 32.7 Å². The highest BCUT2D eigenvalue weighted by Gasteiger charge is 2.30. The highest BCUT2D eigenvalue weighted by atomic mass is 19.4. The molecule has 7 nitrogen and oxygen atoms in total. The number of alkyl halides is 3. The molecule has 0 aliphatic carbocycles.